The minimum atomic E-state index is -0.297. The van der Waals surface area contributed by atoms with E-state index in [2.05, 4.69) is 15.3 Å². The predicted molar refractivity (Wildman–Crippen MR) is 108 cm³/mol. The van der Waals surface area contributed by atoms with E-state index in [1.165, 1.54) is 17.8 Å². The second-order valence-electron chi connectivity index (χ2n) is 6.24. The summed E-state index contributed by atoms with van der Waals surface area (Å²) < 4.78 is 32.1. The molecule has 9 heteroatoms. The van der Waals surface area contributed by atoms with Crippen molar-refractivity contribution < 1.29 is 18.6 Å². The third-order valence-corrected chi connectivity index (χ3v) is 5.44. The van der Waals surface area contributed by atoms with Crippen molar-refractivity contribution in [1.29, 1.82) is 0 Å². The van der Waals surface area contributed by atoms with Gasteiger partial charge in [0, 0.05) is 17.7 Å². The molecule has 0 atom stereocenters. The number of nitrogens with zero attached hydrogens (tertiary/aromatic N) is 4. The summed E-state index contributed by atoms with van der Waals surface area (Å²) in [5.41, 5.74) is 2.03. The highest BCUT2D eigenvalue weighted by molar-refractivity contribution is 7.99. The van der Waals surface area contributed by atoms with Gasteiger partial charge < -0.3 is 14.2 Å². The number of fused-ring (bicyclic) bond motifs is 1. The zero-order valence-electron chi connectivity index (χ0n) is 16.2. The third-order valence-electron chi connectivity index (χ3n) is 4.51. The summed E-state index contributed by atoms with van der Waals surface area (Å²) in [7, 11) is 4.70. The Bertz CT molecular complexity index is 1060. The molecule has 1 aliphatic rings. The molecule has 3 aromatic rings. The van der Waals surface area contributed by atoms with Crippen LogP contribution in [0.2, 0.25) is 0 Å². The van der Waals surface area contributed by atoms with Crippen LogP contribution in [0.15, 0.2) is 46.7 Å². The van der Waals surface area contributed by atoms with Crippen LogP contribution in [0.25, 0.3) is 0 Å². The zero-order chi connectivity index (χ0) is 20.4. The first-order chi connectivity index (χ1) is 14.1. The fourth-order valence-electron chi connectivity index (χ4n) is 3.13. The molecule has 0 saturated heterocycles. The zero-order valence-corrected chi connectivity index (χ0v) is 17.0. The van der Waals surface area contributed by atoms with E-state index in [-0.39, 0.29) is 5.82 Å². The Balaban J connectivity index is 1.70. The van der Waals surface area contributed by atoms with Crippen molar-refractivity contribution in [3.63, 3.8) is 0 Å². The maximum atomic E-state index is 14.2. The molecule has 2 heterocycles. The van der Waals surface area contributed by atoms with E-state index in [9.17, 15) is 4.39 Å². The van der Waals surface area contributed by atoms with E-state index in [1.807, 2.05) is 12.1 Å². The van der Waals surface area contributed by atoms with Gasteiger partial charge >= 0.3 is 0 Å². The lowest BCUT2D eigenvalue weighted by molar-refractivity contribution is 0.324. The molecule has 0 N–H and O–H groups in total. The van der Waals surface area contributed by atoms with Crippen LogP contribution in [-0.2, 0) is 6.42 Å². The molecule has 0 fully saturated rings. The summed E-state index contributed by atoms with van der Waals surface area (Å²) in [6.45, 7) is 0. The van der Waals surface area contributed by atoms with Crippen molar-refractivity contribution >= 4 is 17.5 Å². The average Bonchev–Trinajstić information content (AvgIpc) is 3.15. The van der Waals surface area contributed by atoms with Gasteiger partial charge in [-0.05, 0) is 23.8 Å². The number of methoxy groups -OCH3 is 3. The summed E-state index contributed by atoms with van der Waals surface area (Å²) in [4.78, 5) is 0. The molecule has 7 nitrogen and oxygen atoms in total. The first-order valence-corrected chi connectivity index (χ1v) is 9.82. The van der Waals surface area contributed by atoms with Gasteiger partial charge in [-0.25, -0.2) is 4.39 Å². The summed E-state index contributed by atoms with van der Waals surface area (Å²) in [6, 6.07) is 10.3. The van der Waals surface area contributed by atoms with Gasteiger partial charge in [0.25, 0.3) is 0 Å². The molecule has 1 aliphatic heterocycles. The van der Waals surface area contributed by atoms with Gasteiger partial charge in [-0.2, -0.15) is 9.78 Å². The molecule has 4 rings (SSSR count). The Morgan fingerprint density at radius 1 is 1.03 bits per heavy atom. The molecule has 1 aromatic heterocycles. The Hall–Kier alpha value is -3.07. The van der Waals surface area contributed by atoms with Crippen LogP contribution < -0.4 is 14.2 Å². The van der Waals surface area contributed by atoms with E-state index in [1.54, 1.807) is 44.2 Å². The van der Waals surface area contributed by atoms with Crippen LogP contribution in [0.3, 0.4) is 0 Å². The molecule has 0 aliphatic carbocycles. The molecule has 150 valence electrons. The number of benzene rings is 2. The Labute approximate surface area is 171 Å². The van der Waals surface area contributed by atoms with Gasteiger partial charge in [0.2, 0.25) is 10.9 Å². The van der Waals surface area contributed by atoms with E-state index < -0.39 is 0 Å². The normalized spacial score (nSPS) is 12.9. The van der Waals surface area contributed by atoms with Crippen molar-refractivity contribution in [3.05, 3.63) is 59.2 Å². The monoisotopic (exact) mass is 414 g/mol. The SMILES string of the molecule is COc1cc(Cc2nnc3n2N=C(c2ccccc2F)CS3)cc(OC)c1OC. The van der Waals surface area contributed by atoms with Crippen LogP contribution in [0.1, 0.15) is 17.0 Å². The Morgan fingerprint density at radius 3 is 2.41 bits per heavy atom. The Morgan fingerprint density at radius 2 is 1.76 bits per heavy atom. The smallest absolute Gasteiger partial charge is 0.212 e. The van der Waals surface area contributed by atoms with Crippen molar-refractivity contribution in [3.8, 4) is 17.2 Å². The number of hydrogen-bond donors (Lipinski definition) is 0. The second kappa shape index (κ2) is 8.12. The first kappa shape index (κ1) is 19.3. The quantitative estimate of drug-likeness (QED) is 0.616. The molecular weight excluding hydrogens is 395 g/mol. The fraction of sp³-hybridized carbons (Fsp3) is 0.250. The molecule has 2 aromatic carbocycles. The first-order valence-electron chi connectivity index (χ1n) is 8.83. The number of ether oxygens (including phenoxy) is 3. The standard InChI is InChI=1S/C20H19FN4O3S/c1-26-16-8-12(9-17(27-2)19(16)28-3)10-18-22-23-20-25(18)24-15(11-29-20)13-6-4-5-7-14(13)21/h4-9H,10-11H2,1-3H3. The molecular formula is C20H19FN4O3S. The number of hydrogen-bond acceptors (Lipinski definition) is 7. The van der Waals surface area contributed by atoms with Gasteiger partial charge in [0.15, 0.2) is 17.3 Å². The highest BCUT2D eigenvalue weighted by Crippen LogP contribution is 2.38. The summed E-state index contributed by atoms with van der Waals surface area (Å²) in [5.74, 6) is 2.51. The molecule has 0 radical (unpaired) electrons. The summed E-state index contributed by atoms with van der Waals surface area (Å²) in [6.07, 6.45) is 0.443. The number of aromatic nitrogens is 3. The third kappa shape index (κ3) is 3.65. The molecule has 0 spiro atoms. The van der Waals surface area contributed by atoms with Gasteiger partial charge in [0.05, 0.1) is 27.0 Å². The highest BCUT2D eigenvalue weighted by atomic mass is 32.2. The minimum absolute atomic E-state index is 0.297. The lowest BCUT2D eigenvalue weighted by Gasteiger charge is -2.15. The summed E-state index contributed by atoms with van der Waals surface area (Å²) >= 11 is 1.48. The molecule has 0 unspecified atom stereocenters. The topological polar surface area (TPSA) is 70.8 Å². The van der Waals surface area contributed by atoms with Gasteiger partial charge in [-0.1, -0.05) is 30.0 Å². The van der Waals surface area contributed by atoms with Crippen LogP contribution in [0, 0.1) is 5.82 Å². The predicted octanol–water partition coefficient (Wildman–Crippen LogP) is 3.39. The number of rotatable bonds is 6. The summed E-state index contributed by atoms with van der Waals surface area (Å²) in [5, 5.41) is 13.8. The lowest BCUT2D eigenvalue weighted by atomic mass is 10.1. The largest absolute Gasteiger partial charge is 0.493 e. The lowest BCUT2D eigenvalue weighted by Crippen LogP contribution is -2.16. The van der Waals surface area contributed by atoms with E-state index in [0.717, 1.165) is 5.56 Å². The maximum Gasteiger partial charge on any atom is 0.212 e. The maximum absolute atomic E-state index is 14.2. The molecule has 0 bridgehead atoms. The van der Waals surface area contributed by atoms with Crippen LogP contribution in [0.5, 0.6) is 17.2 Å². The van der Waals surface area contributed by atoms with Gasteiger partial charge in [-0.3, -0.25) is 0 Å². The van der Waals surface area contributed by atoms with Crippen molar-refractivity contribution in [1.82, 2.24) is 14.9 Å². The fourth-order valence-corrected chi connectivity index (χ4v) is 3.97. The van der Waals surface area contributed by atoms with Crippen LogP contribution >= 0.6 is 11.8 Å². The van der Waals surface area contributed by atoms with Gasteiger partial charge in [0.1, 0.15) is 5.82 Å². The Kier molecular flexibility index (Phi) is 5.39. The molecule has 0 saturated carbocycles. The van der Waals surface area contributed by atoms with Crippen LogP contribution in [-0.4, -0.2) is 47.7 Å². The van der Waals surface area contributed by atoms with E-state index >= 15 is 0 Å². The molecule has 0 amide bonds. The second-order valence-corrected chi connectivity index (χ2v) is 7.18. The highest BCUT2D eigenvalue weighted by Gasteiger charge is 2.22. The average molecular weight is 414 g/mol. The van der Waals surface area contributed by atoms with Crippen molar-refractivity contribution in [2.24, 2.45) is 5.10 Å². The molecule has 29 heavy (non-hydrogen) atoms. The van der Waals surface area contributed by atoms with Gasteiger partial charge in [-0.15, -0.1) is 10.2 Å². The minimum Gasteiger partial charge on any atom is -0.493 e. The van der Waals surface area contributed by atoms with E-state index in [4.69, 9.17) is 14.2 Å². The number of thioether (sulfide) groups is 1. The van der Waals surface area contributed by atoms with E-state index in [0.29, 0.717) is 51.7 Å². The van der Waals surface area contributed by atoms with Crippen molar-refractivity contribution in [2.45, 2.75) is 11.6 Å². The van der Waals surface area contributed by atoms with Crippen LogP contribution in [0.4, 0.5) is 4.39 Å². The number of halogens is 1. The van der Waals surface area contributed by atoms with Crippen molar-refractivity contribution in [2.75, 3.05) is 27.1 Å².